The number of ether oxygens (including phenoxy) is 1. The van der Waals surface area contributed by atoms with Crippen LogP contribution in [0.15, 0.2) is 18.3 Å². The second kappa shape index (κ2) is 7.11. The van der Waals surface area contributed by atoms with E-state index in [9.17, 15) is 4.79 Å². The fourth-order valence-electron chi connectivity index (χ4n) is 2.23. The second-order valence-corrected chi connectivity index (χ2v) is 6.94. The summed E-state index contributed by atoms with van der Waals surface area (Å²) in [7, 11) is 3.19. The van der Waals surface area contributed by atoms with Crippen LogP contribution in [0.4, 0.5) is 0 Å². The zero-order chi connectivity index (χ0) is 15.6. The molecule has 0 radical (unpaired) electrons. The Morgan fingerprint density at radius 1 is 1.57 bits per heavy atom. The summed E-state index contributed by atoms with van der Waals surface area (Å²) in [4.78, 5) is 11.1. The van der Waals surface area contributed by atoms with Crippen LogP contribution in [-0.2, 0) is 4.79 Å². The van der Waals surface area contributed by atoms with Crippen molar-refractivity contribution in [2.24, 2.45) is 0 Å². The summed E-state index contributed by atoms with van der Waals surface area (Å²) in [6.45, 7) is 4.22. The highest BCUT2D eigenvalue weighted by Gasteiger charge is 2.17. The zero-order valence-corrected chi connectivity index (χ0v) is 15.7. The van der Waals surface area contributed by atoms with Crippen molar-refractivity contribution >= 4 is 58.7 Å². The molecule has 7 heteroatoms. The number of rotatable bonds is 5. The molecule has 0 fully saturated rings. The second-order valence-electron chi connectivity index (χ2n) is 4.82. The summed E-state index contributed by atoms with van der Waals surface area (Å²) in [5.74, 6) is 0.843. The number of fused-ring (bicyclic) bond motifs is 1. The molecule has 114 valence electrons. The van der Waals surface area contributed by atoms with E-state index in [1.165, 1.54) is 6.92 Å². The molecule has 1 aromatic carbocycles. The number of carbonyl (C=O) groups excluding carboxylic acids is 1. The molecule has 1 atom stereocenters. The molecule has 0 aliphatic rings. The van der Waals surface area contributed by atoms with Gasteiger partial charge in [0, 0.05) is 61.3 Å². The largest absolute Gasteiger partial charge is 0.495 e. The number of methoxy groups -OCH3 is 1. The molecule has 4 nitrogen and oxygen atoms in total. The number of hydrogen-bond donors (Lipinski definition) is 1. The molecule has 0 bridgehead atoms. The lowest BCUT2D eigenvalue weighted by atomic mass is 10.0. The molecule has 0 saturated heterocycles. The van der Waals surface area contributed by atoms with Gasteiger partial charge < -0.3 is 10.1 Å². The Morgan fingerprint density at radius 3 is 2.86 bits per heavy atom. The normalized spacial score (nSPS) is 12.4. The van der Waals surface area contributed by atoms with Gasteiger partial charge >= 0.3 is 0 Å². The summed E-state index contributed by atoms with van der Waals surface area (Å²) in [5.41, 5.74) is 2.21. The number of nitrogens with one attached hydrogen (secondary N) is 1. The maximum Gasteiger partial charge on any atom is 0.216 e. The summed E-state index contributed by atoms with van der Waals surface area (Å²) >= 11 is 8.45. The summed E-state index contributed by atoms with van der Waals surface area (Å²) < 4.78 is 7.38. The molecular weight excluding hydrogens is 423 g/mol. The van der Waals surface area contributed by atoms with E-state index in [-0.39, 0.29) is 11.8 Å². The minimum atomic E-state index is -0.0190. The summed E-state index contributed by atoms with van der Waals surface area (Å²) in [6.07, 6.45) is 2.09. The van der Waals surface area contributed by atoms with Gasteiger partial charge in [0.2, 0.25) is 5.91 Å². The van der Waals surface area contributed by atoms with Gasteiger partial charge in [0.15, 0.2) is 0 Å². The molecule has 1 aromatic heterocycles. The molecule has 2 aromatic rings. The van der Waals surface area contributed by atoms with Gasteiger partial charge in [-0.1, -0.05) is 18.5 Å². The van der Waals surface area contributed by atoms with Crippen molar-refractivity contribution in [2.45, 2.75) is 19.8 Å². The summed E-state index contributed by atoms with van der Waals surface area (Å²) in [6, 6.07) is 3.87. The van der Waals surface area contributed by atoms with Crippen molar-refractivity contribution in [1.29, 1.82) is 0 Å². The monoisotopic (exact) mass is 438 g/mol. The Hall–Kier alpha value is -0.600. The quantitative estimate of drug-likeness (QED) is 0.704. The van der Waals surface area contributed by atoms with E-state index in [2.05, 4.69) is 43.6 Å². The third kappa shape index (κ3) is 3.60. The number of amides is 1. The number of carbonyl (C=O) groups is 1. The Labute approximate surface area is 145 Å². The third-order valence-corrected chi connectivity index (χ3v) is 5.36. The van der Waals surface area contributed by atoms with Crippen molar-refractivity contribution < 1.29 is 9.53 Å². The van der Waals surface area contributed by atoms with Gasteiger partial charge in [0.1, 0.15) is 5.75 Å². The average molecular weight is 439 g/mol. The first-order chi connectivity index (χ1) is 9.97. The molecule has 21 heavy (non-hydrogen) atoms. The predicted molar refractivity (Wildman–Crippen MR) is 97.6 cm³/mol. The SMILES string of the molecule is COc1cc2c([C@@H](C)CNC(C)=O)cn(SI)c2cc1Cl. The Morgan fingerprint density at radius 2 is 2.29 bits per heavy atom. The van der Waals surface area contributed by atoms with Crippen molar-refractivity contribution in [3.8, 4) is 5.75 Å². The Bertz CT molecular complexity index is 675. The van der Waals surface area contributed by atoms with E-state index in [4.69, 9.17) is 16.3 Å². The van der Waals surface area contributed by atoms with Gasteiger partial charge in [-0.3, -0.25) is 8.77 Å². The molecular formula is C14H16ClIN2O2S. The smallest absolute Gasteiger partial charge is 0.216 e. The highest BCUT2D eigenvalue weighted by Crippen LogP contribution is 2.37. The van der Waals surface area contributed by atoms with Crippen molar-refractivity contribution in [3.05, 3.63) is 28.9 Å². The van der Waals surface area contributed by atoms with Crippen LogP contribution in [0.1, 0.15) is 25.3 Å². The van der Waals surface area contributed by atoms with E-state index in [0.29, 0.717) is 17.3 Å². The Balaban J connectivity index is 2.49. The maximum absolute atomic E-state index is 11.1. The van der Waals surface area contributed by atoms with Crippen LogP contribution >= 0.6 is 41.9 Å². The van der Waals surface area contributed by atoms with E-state index < -0.39 is 0 Å². The van der Waals surface area contributed by atoms with E-state index in [1.54, 1.807) is 16.2 Å². The third-order valence-electron chi connectivity index (χ3n) is 3.34. The van der Waals surface area contributed by atoms with Crippen LogP contribution in [0.5, 0.6) is 5.75 Å². The van der Waals surface area contributed by atoms with Gasteiger partial charge in [-0.2, -0.15) is 0 Å². The number of benzene rings is 1. The minimum absolute atomic E-state index is 0.0190. The van der Waals surface area contributed by atoms with Crippen LogP contribution in [0.3, 0.4) is 0 Å². The highest BCUT2D eigenvalue weighted by molar-refractivity contribution is 14.2. The Kier molecular flexibility index (Phi) is 5.67. The van der Waals surface area contributed by atoms with E-state index in [0.717, 1.165) is 16.5 Å². The van der Waals surface area contributed by atoms with Crippen LogP contribution in [0.2, 0.25) is 5.02 Å². The topological polar surface area (TPSA) is 43.3 Å². The number of nitrogens with zero attached hydrogens (tertiary/aromatic N) is 1. The zero-order valence-electron chi connectivity index (χ0n) is 11.9. The fraction of sp³-hybridized carbons (Fsp3) is 0.357. The minimum Gasteiger partial charge on any atom is -0.495 e. The molecule has 0 aliphatic heterocycles. The van der Waals surface area contributed by atoms with E-state index >= 15 is 0 Å². The van der Waals surface area contributed by atoms with Gasteiger partial charge in [0.05, 0.1) is 17.6 Å². The molecule has 1 N–H and O–H groups in total. The molecule has 1 amide bonds. The first-order valence-electron chi connectivity index (χ1n) is 6.40. The van der Waals surface area contributed by atoms with Gasteiger partial charge in [0.25, 0.3) is 0 Å². The summed E-state index contributed by atoms with van der Waals surface area (Å²) in [5, 5.41) is 4.55. The lowest BCUT2D eigenvalue weighted by molar-refractivity contribution is -0.119. The molecule has 2 rings (SSSR count). The number of aromatic nitrogens is 1. The lowest BCUT2D eigenvalue weighted by Crippen LogP contribution is -2.24. The molecule has 0 spiro atoms. The molecule has 0 aliphatic carbocycles. The molecule has 0 saturated carbocycles. The highest BCUT2D eigenvalue weighted by atomic mass is 127. The number of hydrogen-bond acceptors (Lipinski definition) is 3. The number of halogens is 2. The van der Waals surface area contributed by atoms with Gasteiger partial charge in [-0.15, -0.1) is 0 Å². The van der Waals surface area contributed by atoms with Gasteiger partial charge in [-0.25, -0.2) is 0 Å². The standard InChI is InChI=1S/C14H16ClIN2O2S/c1-8(6-17-9(2)19)11-7-18(21-16)13-5-12(15)14(20-3)4-10(11)13/h4-5,7-8H,6H2,1-3H3,(H,17,19)/t8-/m0/s1. The van der Waals surface area contributed by atoms with Crippen molar-refractivity contribution in [2.75, 3.05) is 13.7 Å². The van der Waals surface area contributed by atoms with Crippen LogP contribution in [0.25, 0.3) is 10.9 Å². The molecule has 0 unspecified atom stereocenters. The van der Waals surface area contributed by atoms with Gasteiger partial charge in [-0.05, 0) is 17.7 Å². The van der Waals surface area contributed by atoms with Crippen molar-refractivity contribution in [3.63, 3.8) is 0 Å². The van der Waals surface area contributed by atoms with Crippen LogP contribution in [0, 0.1) is 0 Å². The fourth-order valence-corrected chi connectivity index (χ4v) is 3.83. The van der Waals surface area contributed by atoms with E-state index in [1.807, 2.05) is 12.1 Å². The molecule has 1 heterocycles. The first-order valence-corrected chi connectivity index (χ1v) is 10.1. The predicted octanol–water partition coefficient (Wildman–Crippen LogP) is 4.39. The average Bonchev–Trinajstić information content (AvgIpc) is 2.81. The van der Waals surface area contributed by atoms with Crippen LogP contribution < -0.4 is 10.1 Å². The first kappa shape index (κ1) is 16.8. The lowest BCUT2D eigenvalue weighted by Gasteiger charge is -2.11. The maximum atomic E-state index is 11.1. The van der Waals surface area contributed by atoms with Crippen LogP contribution in [-0.4, -0.2) is 23.5 Å². The van der Waals surface area contributed by atoms with Crippen molar-refractivity contribution in [1.82, 2.24) is 9.29 Å².